The van der Waals surface area contributed by atoms with Gasteiger partial charge in [-0.25, -0.2) is 8.42 Å². The van der Waals surface area contributed by atoms with Crippen LogP contribution in [0.4, 0.5) is 0 Å². The Morgan fingerprint density at radius 3 is 2.58 bits per heavy atom. The van der Waals surface area contributed by atoms with Crippen LogP contribution in [0.3, 0.4) is 0 Å². The van der Waals surface area contributed by atoms with Gasteiger partial charge in [0.05, 0.1) is 12.6 Å². The maximum absolute atomic E-state index is 11.7. The first-order valence-electron chi connectivity index (χ1n) is 5.93. The van der Waals surface area contributed by atoms with Crippen molar-refractivity contribution in [3.05, 3.63) is 42.5 Å². The molecule has 1 saturated heterocycles. The lowest BCUT2D eigenvalue weighted by Crippen LogP contribution is -2.57. The average Bonchev–Trinajstić information content (AvgIpc) is 2.42. The zero-order chi connectivity index (χ0) is 14.0. The van der Waals surface area contributed by atoms with E-state index in [4.69, 9.17) is 4.74 Å². The summed E-state index contributed by atoms with van der Waals surface area (Å²) in [6.45, 7) is 3.62. The number of aliphatic hydroxyl groups excluding tert-OH is 1. The molecule has 0 radical (unpaired) electrons. The van der Waals surface area contributed by atoms with Crippen molar-refractivity contribution in [1.82, 2.24) is 4.31 Å². The van der Waals surface area contributed by atoms with Gasteiger partial charge in [-0.1, -0.05) is 24.8 Å². The van der Waals surface area contributed by atoms with Crippen LogP contribution in [0.25, 0.3) is 0 Å². The van der Waals surface area contributed by atoms with Crippen molar-refractivity contribution in [2.24, 2.45) is 0 Å². The number of nitrogens with zero attached hydrogens (tertiary/aromatic N) is 1. The summed E-state index contributed by atoms with van der Waals surface area (Å²) in [5, 5.41) is 8.45. The number of rotatable bonds is 5. The van der Waals surface area contributed by atoms with E-state index in [1.165, 1.54) is 11.4 Å². The van der Waals surface area contributed by atoms with Crippen LogP contribution in [0, 0.1) is 0 Å². The van der Waals surface area contributed by atoms with Crippen LogP contribution in [0.1, 0.15) is 11.6 Å². The lowest BCUT2D eigenvalue weighted by molar-refractivity contribution is 0.201. The minimum Gasteiger partial charge on any atom is -0.490 e. The summed E-state index contributed by atoms with van der Waals surface area (Å²) in [7, 11) is -1.81. The van der Waals surface area contributed by atoms with Crippen molar-refractivity contribution in [2.45, 2.75) is 11.3 Å². The fraction of sp³-hybridized carbons (Fsp3) is 0.385. The molecule has 1 aromatic carbocycles. The molecule has 6 heteroatoms. The minimum atomic E-state index is -3.33. The number of sulfonamides is 1. The van der Waals surface area contributed by atoms with E-state index < -0.39 is 15.3 Å². The van der Waals surface area contributed by atoms with Gasteiger partial charge < -0.3 is 9.84 Å². The van der Waals surface area contributed by atoms with Gasteiger partial charge in [0.2, 0.25) is 10.0 Å². The van der Waals surface area contributed by atoms with Crippen molar-refractivity contribution >= 4 is 10.0 Å². The number of hydrogen-bond acceptors (Lipinski definition) is 4. The summed E-state index contributed by atoms with van der Waals surface area (Å²) in [5.74, 6) is 0.703. The summed E-state index contributed by atoms with van der Waals surface area (Å²) < 4.78 is 30.1. The molecule has 0 saturated carbocycles. The van der Waals surface area contributed by atoms with Gasteiger partial charge >= 0.3 is 0 Å². The largest absolute Gasteiger partial charge is 0.490 e. The maximum Gasteiger partial charge on any atom is 0.221 e. The Morgan fingerprint density at radius 1 is 1.42 bits per heavy atom. The van der Waals surface area contributed by atoms with Gasteiger partial charge in [0, 0.05) is 7.05 Å². The van der Waals surface area contributed by atoms with E-state index >= 15 is 0 Å². The van der Waals surface area contributed by atoms with E-state index in [0.29, 0.717) is 12.4 Å². The Morgan fingerprint density at radius 2 is 2.05 bits per heavy atom. The number of ether oxygens (including phenoxy) is 1. The molecule has 1 fully saturated rings. The standard InChI is InChI=1S/C13H17NO4S/c1-3-8-18-11-6-4-10(5-7-11)13-12(9-15)19(16,17)14(13)2/h3-7,12-13,15H,1,8-9H2,2H3/t12-,13+/m0/s1. The Kier molecular flexibility index (Phi) is 3.93. The molecular formula is C13H17NO4S. The highest BCUT2D eigenvalue weighted by Gasteiger charge is 2.51. The molecule has 2 rings (SSSR count). The molecule has 1 aliphatic rings. The van der Waals surface area contributed by atoms with Gasteiger partial charge in [0.15, 0.2) is 0 Å². The van der Waals surface area contributed by atoms with Gasteiger partial charge in [-0.2, -0.15) is 4.31 Å². The van der Waals surface area contributed by atoms with Crippen molar-refractivity contribution in [3.8, 4) is 5.75 Å². The molecule has 1 aromatic rings. The molecule has 1 heterocycles. The minimum absolute atomic E-state index is 0.302. The molecule has 1 aliphatic heterocycles. The SMILES string of the molecule is C=CCOc1ccc([C@@H]2[C@H](CO)S(=O)(=O)N2C)cc1. The van der Waals surface area contributed by atoms with Crippen LogP contribution in [-0.4, -0.2) is 43.3 Å². The summed E-state index contributed by atoms with van der Waals surface area (Å²) in [6, 6.07) is 6.90. The maximum atomic E-state index is 11.7. The average molecular weight is 283 g/mol. The van der Waals surface area contributed by atoms with Crippen molar-refractivity contribution in [1.29, 1.82) is 0 Å². The Bertz CT molecular complexity index is 553. The predicted octanol–water partition coefficient (Wildman–Crippen LogP) is 0.929. The lowest BCUT2D eigenvalue weighted by Gasteiger charge is -2.44. The van der Waals surface area contributed by atoms with Gasteiger partial charge in [0.1, 0.15) is 17.6 Å². The zero-order valence-corrected chi connectivity index (χ0v) is 11.5. The molecule has 2 atom stereocenters. The van der Waals surface area contributed by atoms with E-state index in [0.717, 1.165) is 5.56 Å². The Hall–Kier alpha value is -1.37. The first-order valence-corrected chi connectivity index (χ1v) is 7.44. The molecular weight excluding hydrogens is 266 g/mol. The van der Waals surface area contributed by atoms with E-state index in [-0.39, 0.29) is 12.6 Å². The summed E-state index contributed by atoms with van der Waals surface area (Å²) >= 11 is 0. The van der Waals surface area contributed by atoms with Crippen molar-refractivity contribution < 1.29 is 18.3 Å². The topological polar surface area (TPSA) is 66.8 Å². The molecule has 0 unspecified atom stereocenters. The van der Waals surface area contributed by atoms with Crippen LogP contribution in [0.5, 0.6) is 5.75 Å². The number of aliphatic hydroxyl groups is 1. The highest BCUT2D eigenvalue weighted by atomic mass is 32.2. The third-order valence-corrected chi connectivity index (χ3v) is 5.50. The van der Waals surface area contributed by atoms with Crippen molar-refractivity contribution in [2.75, 3.05) is 20.3 Å². The van der Waals surface area contributed by atoms with Gasteiger partial charge in [-0.05, 0) is 17.7 Å². The highest BCUT2D eigenvalue weighted by molar-refractivity contribution is 7.91. The van der Waals surface area contributed by atoms with Crippen molar-refractivity contribution in [3.63, 3.8) is 0 Å². The molecule has 0 aromatic heterocycles. The molecule has 104 valence electrons. The first-order chi connectivity index (χ1) is 9.02. The zero-order valence-electron chi connectivity index (χ0n) is 10.7. The van der Waals surface area contributed by atoms with Crippen LogP contribution in [0.2, 0.25) is 0 Å². The normalized spacial score (nSPS) is 25.6. The van der Waals surface area contributed by atoms with E-state index in [2.05, 4.69) is 6.58 Å². The number of benzene rings is 1. The molecule has 5 nitrogen and oxygen atoms in total. The predicted molar refractivity (Wildman–Crippen MR) is 72.4 cm³/mol. The molecule has 0 aliphatic carbocycles. The Balaban J connectivity index is 2.17. The lowest BCUT2D eigenvalue weighted by atomic mass is 10.0. The van der Waals surface area contributed by atoms with Crippen LogP contribution in [0.15, 0.2) is 36.9 Å². The van der Waals surface area contributed by atoms with Crippen LogP contribution < -0.4 is 4.74 Å². The summed E-state index contributed by atoms with van der Waals surface area (Å²) in [4.78, 5) is 0. The second-order valence-electron chi connectivity index (χ2n) is 4.40. The van der Waals surface area contributed by atoms with E-state index in [1.54, 1.807) is 18.2 Å². The van der Waals surface area contributed by atoms with Gasteiger partial charge in [0.25, 0.3) is 0 Å². The van der Waals surface area contributed by atoms with E-state index in [9.17, 15) is 13.5 Å². The third kappa shape index (κ3) is 2.39. The quantitative estimate of drug-likeness (QED) is 0.816. The van der Waals surface area contributed by atoms with Crippen LogP contribution >= 0.6 is 0 Å². The monoisotopic (exact) mass is 283 g/mol. The summed E-state index contributed by atoms with van der Waals surface area (Å²) in [6.07, 6.45) is 1.65. The highest BCUT2D eigenvalue weighted by Crippen LogP contribution is 2.40. The molecule has 0 amide bonds. The first kappa shape index (κ1) is 14.0. The molecule has 1 N–H and O–H groups in total. The molecule has 19 heavy (non-hydrogen) atoms. The van der Waals surface area contributed by atoms with Gasteiger partial charge in [-0.3, -0.25) is 0 Å². The second kappa shape index (κ2) is 5.32. The third-order valence-electron chi connectivity index (χ3n) is 3.30. The van der Waals surface area contributed by atoms with Crippen LogP contribution in [-0.2, 0) is 10.0 Å². The molecule has 0 spiro atoms. The second-order valence-corrected chi connectivity index (χ2v) is 6.61. The Labute approximate surface area is 113 Å². The summed E-state index contributed by atoms with van der Waals surface area (Å²) in [5.41, 5.74) is 0.849. The number of hydrogen-bond donors (Lipinski definition) is 1. The van der Waals surface area contributed by atoms with Gasteiger partial charge in [-0.15, -0.1) is 0 Å². The fourth-order valence-electron chi connectivity index (χ4n) is 2.24. The molecule has 0 bridgehead atoms. The smallest absolute Gasteiger partial charge is 0.221 e. The fourth-order valence-corrected chi connectivity index (χ4v) is 3.91. The van der Waals surface area contributed by atoms with E-state index in [1.807, 2.05) is 12.1 Å².